The Hall–Kier alpha value is -3.26. The molecule has 2 N–H and O–H groups in total. The van der Waals surface area contributed by atoms with E-state index in [-0.39, 0.29) is 23.6 Å². The topological polar surface area (TPSA) is 94.2 Å². The predicted octanol–water partition coefficient (Wildman–Crippen LogP) is 2.34. The number of anilines is 1. The number of aryl methyl sites for hydroxylation is 1. The van der Waals surface area contributed by atoms with E-state index >= 15 is 0 Å². The third-order valence-corrected chi connectivity index (χ3v) is 6.11. The molecule has 0 radical (unpaired) electrons. The van der Waals surface area contributed by atoms with Gasteiger partial charge in [-0.05, 0) is 50.1 Å². The zero-order valence-electron chi connectivity index (χ0n) is 19.1. The molecular weight excluding hydrogens is 404 g/mol. The van der Waals surface area contributed by atoms with Crippen LogP contribution in [0.1, 0.15) is 42.4 Å². The molecule has 8 nitrogen and oxygen atoms in total. The third-order valence-electron chi connectivity index (χ3n) is 6.11. The fourth-order valence-corrected chi connectivity index (χ4v) is 4.65. The maximum absolute atomic E-state index is 12.2. The number of rotatable bonds is 5. The number of aromatic amines is 1. The lowest BCUT2D eigenvalue weighted by Gasteiger charge is -2.45. The van der Waals surface area contributed by atoms with E-state index in [1.807, 2.05) is 31.3 Å². The lowest BCUT2D eigenvalue weighted by molar-refractivity contribution is 0.0958. The maximum Gasteiger partial charge on any atom is 0.269 e. The second-order valence-corrected chi connectivity index (χ2v) is 8.53. The predicted molar refractivity (Wildman–Crippen MR) is 126 cm³/mol. The summed E-state index contributed by atoms with van der Waals surface area (Å²) in [7, 11) is 1.60. The van der Waals surface area contributed by atoms with Crippen molar-refractivity contribution in [1.82, 2.24) is 25.2 Å². The van der Waals surface area contributed by atoms with Gasteiger partial charge in [-0.1, -0.05) is 6.92 Å². The van der Waals surface area contributed by atoms with Gasteiger partial charge in [0.25, 0.3) is 11.5 Å². The maximum atomic E-state index is 12.2. The van der Waals surface area contributed by atoms with Crippen LogP contribution >= 0.6 is 0 Å². The average Bonchev–Trinajstić information content (AvgIpc) is 2.78. The molecule has 3 aromatic heterocycles. The van der Waals surface area contributed by atoms with E-state index in [4.69, 9.17) is 0 Å². The van der Waals surface area contributed by atoms with Crippen LogP contribution in [0.3, 0.4) is 0 Å². The molecule has 4 heterocycles. The molecule has 168 valence electrons. The summed E-state index contributed by atoms with van der Waals surface area (Å²) in [5, 5.41) is 2.60. The van der Waals surface area contributed by atoms with Gasteiger partial charge in [-0.3, -0.25) is 19.5 Å². The lowest BCUT2D eigenvalue weighted by atomic mass is 10.1. The zero-order valence-corrected chi connectivity index (χ0v) is 19.1. The summed E-state index contributed by atoms with van der Waals surface area (Å²) < 4.78 is 0. The van der Waals surface area contributed by atoms with Crippen LogP contribution in [0.25, 0.3) is 11.0 Å². The average molecular weight is 435 g/mol. The number of carbonyl (C=O) groups is 1. The van der Waals surface area contributed by atoms with Gasteiger partial charge < -0.3 is 15.2 Å². The first-order valence-corrected chi connectivity index (χ1v) is 11.1. The number of amides is 1. The first-order chi connectivity index (χ1) is 15.4. The van der Waals surface area contributed by atoms with E-state index in [0.717, 1.165) is 47.5 Å². The second kappa shape index (κ2) is 9.08. The molecule has 1 fully saturated rings. The highest BCUT2D eigenvalue weighted by molar-refractivity contribution is 5.92. The van der Waals surface area contributed by atoms with Gasteiger partial charge >= 0.3 is 0 Å². The van der Waals surface area contributed by atoms with Crippen LogP contribution in [-0.2, 0) is 13.0 Å². The number of nitrogens with one attached hydrogen (secondary N) is 2. The van der Waals surface area contributed by atoms with Gasteiger partial charge in [-0.25, -0.2) is 4.98 Å². The monoisotopic (exact) mass is 434 g/mol. The molecule has 0 bridgehead atoms. The van der Waals surface area contributed by atoms with Crippen molar-refractivity contribution in [2.24, 2.45) is 0 Å². The molecule has 1 amide bonds. The summed E-state index contributed by atoms with van der Waals surface area (Å²) in [6.45, 7) is 8.95. The minimum atomic E-state index is -0.182. The molecule has 1 aliphatic rings. The van der Waals surface area contributed by atoms with Crippen molar-refractivity contribution in [3.05, 3.63) is 63.8 Å². The molecular formula is C24H30N6O2. The number of H-pyrrole nitrogens is 1. The number of nitrogens with zero attached hydrogens (tertiary/aromatic N) is 4. The first kappa shape index (κ1) is 22.0. The molecule has 3 aromatic rings. The quantitative estimate of drug-likeness (QED) is 0.640. The summed E-state index contributed by atoms with van der Waals surface area (Å²) in [6.07, 6.45) is 4.38. The molecule has 0 unspecified atom stereocenters. The number of hydrogen-bond donors (Lipinski definition) is 2. The Kier molecular flexibility index (Phi) is 6.23. The van der Waals surface area contributed by atoms with Crippen molar-refractivity contribution in [3.8, 4) is 0 Å². The van der Waals surface area contributed by atoms with Gasteiger partial charge in [-0.2, -0.15) is 0 Å². The van der Waals surface area contributed by atoms with E-state index in [9.17, 15) is 9.59 Å². The summed E-state index contributed by atoms with van der Waals surface area (Å²) >= 11 is 0. The lowest BCUT2D eigenvalue weighted by Crippen LogP contribution is -2.56. The number of fused-ring (bicyclic) bond motifs is 1. The van der Waals surface area contributed by atoms with E-state index in [0.29, 0.717) is 12.1 Å². The Morgan fingerprint density at radius 3 is 2.53 bits per heavy atom. The van der Waals surface area contributed by atoms with Crippen LogP contribution in [0.15, 0.2) is 41.5 Å². The third kappa shape index (κ3) is 4.36. The van der Waals surface area contributed by atoms with Crippen LogP contribution in [0.4, 0.5) is 5.69 Å². The number of carbonyl (C=O) groups excluding carboxylic acids is 1. The molecule has 0 aliphatic carbocycles. The molecule has 8 heteroatoms. The molecule has 0 saturated carbocycles. The molecule has 1 saturated heterocycles. The highest BCUT2D eigenvalue weighted by Gasteiger charge is 2.30. The van der Waals surface area contributed by atoms with Crippen LogP contribution in [0, 0.1) is 0 Å². The molecule has 32 heavy (non-hydrogen) atoms. The summed E-state index contributed by atoms with van der Waals surface area (Å²) in [4.78, 5) is 40.6. The minimum absolute atomic E-state index is 0.0362. The molecule has 4 rings (SSSR count). The standard InChI is InChI=1S/C24H30N6O2/c1-5-18-9-21-22(28-23(18)31)8-17(10-26-21)14-29-12-15(2)30(16(3)13-29)19-6-7-20(27-11-19)24(32)25-4/h6-11,15-16H,5,12-14H2,1-4H3,(H,25,32)(H,28,31)/t15-,16-/m0/s1. The summed E-state index contributed by atoms with van der Waals surface area (Å²) in [5.41, 5.74) is 4.86. The Labute approximate surface area is 187 Å². The van der Waals surface area contributed by atoms with E-state index in [1.54, 1.807) is 19.3 Å². The summed E-state index contributed by atoms with van der Waals surface area (Å²) in [6, 6.07) is 8.22. The largest absolute Gasteiger partial charge is 0.362 e. The second-order valence-electron chi connectivity index (χ2n) is 8.53. The number of hydrogen-bond acceptors (Lipinski definition) is 6. The van der Waals surface area contributed by atoms with Crippen molar-refractivity contribution < 1.29 is 4.79 Å². The SMILES string of the molecule is CCc1cc2ncc(CN3C[C@H](C)N(c4ccc(C(=O)NC)nc4)[C@@H](C)C3)cc2[nH]c1=O. The Bertz CT molecular complexity index is 1160. The Morgan fingerprint density at radius 1 is 1.16 bits per heavy atom. The van der Waals surface area contributed by atoms with Gasteiger partial charge in [-0.15, -0.1) is 0 Å². The molecule has 0 spiro atoms. The highest BCUT2D eigenvalue weighted by atomic mass is 16.1. The fourth-order valence-electron chi connectivity index (χ4n) is 4.65. The molecule has 1 aliphatic heterocycles. The summed E-state index contributed by atoms with van der Waals surface area (Å²) in [5.74, 6) is -0.182. The fraction of sp³-hybridized carbons (Fsp3) is 0.417. The minimum Gasteiger partial charge on any atom is -0.362 e. The Morgan fingerprint density at radius 2 is 1.91 bits per heavy atom. The smallest absolute Gasteiger partial charge is 0.269 e. The van der Waals surface area contributed by atoms with E-state index < -0.39 is 0 Å². The number of pyridine rings is 3. The van der Waals surface area contributed by atoms with Gasteiger partial charge in [0.2, 0.25) is 0 Å². The van der Waals surface area contributed by atoms with Gasteiger partial charge in [0.15, 0.2) is 0 Å². The van der Waals surface area contributed by atoms with E-state index in [1.165, 1.54) is 0 Å². The van der Waals surface area contributed by atoms with Crippen molar-refractivity contribution in [1.29, 1.82) is 0 Å². The van der Waals surface area contributed by atoms with Gasteiger partial charge in [0, 0.05) is 50.5 Å². The number of aromatic nitrogens is 3. The van der Waals surface area contributed by atoms with Crippen LogP contribution in [0.5, 0.6) is 0 Å². The van der Waals surface area contributed by atoms with Crippen LogP contribution < -0.4 is 15.8 Å². The van der Waals surface area contributed by atoms with Crippen molar-refractivity contribution >= 4 is 22.6 Å². The molecule has 2 atom stereocenters. The molecule has 0 aromatic carbocycles. The zero-order chi connectivity index (χ0) is 22.8. The van der Waals surface area contributed by atoms with Crippen LogP contribution in [0.2, 0.25) is 0 Å². The highest BCUT2D eigenvalue weighted by Crippen LogP contribution is 2.25. The van der Waals surface area contributed by atoms with Crippen molar-refractivity contribution in [3.63, 3.8) is 0 Å². The van der Waals surface area contributed by atoms with Crippen LogP contribution in [-0.4, -0.2) is 58.0 Å². The van der Waals surface area contributed by atoms with Gasteiger partial charge in [0.1, 0.15) is 5.69 Å². The van der Waals surface area contributed by atoms with E-state index in [2.05, 4.69) is 43.9 Å². The van der Waals surface area contributed by atoms with Crippen molar-refractivity contribution in [2.45, 2.75) is 45.8 Å². The number of piperazine rings is 1. The Balaban J connectivity index is 1.47. The first-order valence-electron chi connectivity index (χ1n) is 11.1. The van der Waals surface area contributed by atoms with Crippen molar-refractivity contribution in [2.75, 3.05) is 25.0 Å². The normalized spacial score (nSPS) is 19.3. The van der Waals surface area contributed by atoms with Gasteiger partial charge in [0.05, 0.1) is 22.9 Å².